The molecule has 1 saturated heterocycles. The molecule has 5 heteroatoms. The fourth-order valence-electron chi connectivity index (χ4n) is 3.06. The standard InChI is InChI=1S/C18H19N3OS/c1-13-7-9-20(10-8-13)17(22)16-12-23-18-19-15(11-21(16)18)14-5-3-2-4-6-14/h2-6,11-13H,7-10H2,1H3. The third-order valence-electron chi connectivity index (χ3n) is 4.57. The summed E-state index contributed by atoms with van der Waals surface area (Å²) in [5.41, 5.74) is 2.72. The molecule has 0 N–H and O–H groups in total. The Balaban J connectivity index is 1.66. The molecule has 1 aliphatic heterocycles. The molecule has 1 aliphatic rings. The zero-order chi connectivity index (χ0) is 15.8. The van der Waals surface area contributed by atoms with E-state index in [-0.39, 0.29) is 5.91 Å². The number of likely N-dealkylation sites (tertiary alicyclic amines) is 1. The lowest BCUT2D eigenvalue weighted by Crippen LogP contribution is -2.38. The van der Waals surface area contributed by atoms with Crippen molar-refractivity contribution in [3.05, 3.63) is 47.6 Å². The molecule has 0 saturated carbocycles. The summed E-state index contributed by atoms with van der Waals surface area (Å²) in [6.07, 6.45) is 4.16. The van der Waals surface area contributed by atoms with E-state index >= 15 is 0 Å². The fourth-order valence-corrected chi connectivity index (χ4v) is 3.91. The molecule has 1 aromatic carbocycles. The average Bonchev–Trinajstić information content (AvgIpc) is 3.16. The molecule has 23 heavy (non-hydrogen) atoms. The molecule has 1 amide bonds. The lowest BCUT2D eigenvalue weighted by Gasteiger charge is -2.30. The number of nitrogens with zero attached hydrogens (tertiary/aromatic N) is 3. The predicted octanol–water partition coefficient (Wildman–Crippen LogP) is 3.93. The molecule has 4 rings (SSSR count). The number of fused-ring (bicyclic) bond motifs is 1. The molecule has 0 bridgehead atoms. The molecular formula is C18H19N3OS. The van der Waals surface area contributed by atoms with Gasteiger partial charge in [-0.05, 0) is 18.8 Å². The number of carbonyl (C=O) groups excluding carboxylic acids is 1. The van der Waals surface area contributed by atoms with E-state index in [1.165, 1.54) is 11.3 Å². The van der Waals surface area contributed by atoms with Crippen LogP contribution >= 0.6 is 11.3 Å². The van der Waals surface area contributed by atoms with Crippen LogP contribution in [0, 0.1) is 5.92 Å². The Morgan fingerprint density at radius 3 is 2.70 bits per heavy atom. The lowest BCUT2D eigenvalue weighted by atomic mass is 9.99. The number of hydrogen-bond acceptors (Lipinski definition) is 3. The van der Waals surface area contributed by atoms with Gasteiger partial charge in [0.15, 0.2) is 4.96 Å². The van der Waals surface area contributed by atoms with Gasteiger partial charge in [0.25, 0.3) is 5.91 Å². The van der Waals surface area contributed by atoms with Gasteiger partial charge in [-0.2, -0.15) is 0 Å². The zero-order valence-corrected chi connectivity index (χ0v) is 13.9. The number of imidazole rings is 1. The first-order valence-electron chi connectivity index (χ1n) is 8.03. The SMILES string of the molecule is CC1CCN(C(=O)c2csc3nc(-c4ccccc4)cn23)CC1. The van der Waals surface area contributed by atoms with Crippen molar-refractivity contribution in [2.45, 2.75) is 19.8 Å². The third-order valence-corrected chi connectivity index (χ3v) is 5.41. The van der Waals surface area contributed by atoms with Crippen molar-refractivity contribution >= 4 is 22.2 Å². The van der Waals surface area contributed by atoms with Crippen LogP contribution in [0.5, 0.6) is 0 Å². The van der Waals surface area contributed by atoms with Gasteiger partial charge in [0.1, 0.15) is 5.69 Å². The molecular weight excluding hydrogens is 306 g/mol. The minimum atomic E-state index is 0.125. The summed E-state index contributed by atoms with van der Waals surface area (Å²) in [5.74, 6) is 0.847. The first kappa shape index (κ1) is 14.5. The van der Waals surface area contributed by atoms with Crippen LogP contribution in [0.25, 0.3) is 16.2 Å². The van der Waals surface area contributed by atoms with E-state index in [4.69, 9.17) is 0 Å². The summed E-state index contributed by atoms with van der Waals surface area (Å²) in [5, 5.41) is 1.93. The predicted molar refractivity (Wildman–Crippen MR) is 92.8 cm³/mol. The van der Waals surface area contributed by atoms with Crippen LogP contribution in [0.4, 0.5) is 0 Å². The van der Waals surface area contributed by atoms with Gasteiger partial charge in [-0.3, -0.25) is 9.20 Å². The Morgan fingerprint density at radius 2 is 1.96 bits per heavy atom. The highest BCUT2D eigenvalue weighted by Gasteiger charge is 2.24. The van der Waals surface area contributed by atoms with Crippen LogP contribution in [0.15, 0.2) is 41.9 Å². The molecule has 3 aromatic rings. The van der Waals surface area contributed by atoms with Crippen molar-refractivity contribution in [2.75, 3.05) is 13.1 Å². The highest BCUT2D eigenvalue weighted by Crippen LogP contribution is 2.25. The second-order valence-electron chi connectivity index (χ2n) is 6.24. The second kappa shape index (κ2) is 5.81. The Hall–Kier alpha value is -2.14. The van der Waals surface area contributed by atoms with Crippen molar-refractivity contribution < 1.29 is 4.79 Å². The smallest absolute Gasteiger partial charge is 0.271 e. The number of thiazole rings is 1. The fraction of sp³-hybridized carbons (Fsp3) is 0.333. The summed E-state index contributed by atoms with van der Waals surface area (Å²) >= 11 is 1.53. The molecule has 0 aliphatic carbocycles. The lowest BCUT2D eigenvalue weighted by molar-refractivity contribution is 0.0690. The summed E-state index contributed by atoms with van der Waals surface area (Å²) in [7, 11) is 0. The summed E-state index contributed by atoms with van der Waals surface area (Å²) in [4.78, 5) is 20.3. The third kappa shape index (κ3) is 2.65. The number of carbonyl (C=O) groups is 1. The van der Waals surface area contributed by atoms with E-state index in [1.807, 2.05) is 51.2 Å². The zero-order valence-electron chi connectivity index (χ0n) is 13.1. The average molecular weight is 325 g/mol. The maximum atomic E-state index is 12.8. The van der Waals surface area contributed by atoms with Gasteiger partial charge >= 0.3 is 0 Å². The van der Waals surface area contributed by atoms with E-state index in [1.54, 1.807) is 0 Å². The van der Waals surface area contributed by atoms with Crippen LogP contribution < -0.4 is 0 Å². The van der Waals surface area contributed by atoms with Gasteiger partial charge in [-0.15, -0.1) is 11.3 Å². The Labute approximate surface area is 139 Å². The molecule has 118 valence electrons. The Morgan fingerprint density at radius 1 is 1.22 bits per heavy atom. The maximum Gasteiger partial charge on any atom is 0.271 e. The molecule has 1 fully saturated rings. The molecule has 3 heterocycles. The second-order valence-corrected chi connectivity index (χ2v) is 7.08. The van der Waals surface area contributed by atoms with Gasteiger partial charge in [0.05, 0.1) is 5.69 Å². The van der Waals surface area contributed by atoms with E-state index in [0.717, 1.165) is 53.8 Å². The largest absolute Gasteiger partial charge is 0.337 e. The van der Waals surface area contributed by atoms with E-state index in [9.17, 15) is 4.79 Å². The van der Waals surface area contributed by atoms with E-state index < -0.39 is 0 Å². The minimum Gasteiger partial charge on any atom is -0.337 e. The molecule has 2 aromatic heterocycles. The first-order valence-corrected chi connectivity index (χ1v) is 8.91. The Kier molecular flexibility index (Phi) is 3.65. The number of hydrogen-bond donors (Lipinski definition) is 0. The van der Waals surface area contributed by atoms with Crippen molar-refractivity contribution in [1.82, 2.24) is 14.3 Å². The monoisotopic (exact) mass is 325 g/mol. The van der Waals surface area contributed by atoms with Gasteiger partial charge in [-0.25, -0.2) is 4.98 Å². The van der Waals surface area contributed by atoms with Gasteiger partial charge in [-0.1, -0.05) is 37.3 Å². The number of piperidine rings is 1. The summed E-state index contributed by atoms with van der Waals surface area (Å²) < 4.78 is 1.94. The van der Waals surface area contributed by atoms with Crippen molar-refractivity contribution in [3.8, 4) is 11.3 Å². The normalized spacial score (nSPS) is 16.1. The topological polar surface area (TPSA) is 37.6 Å². The number of amides is 1. The molecule has 0 unspecified atom stereocenters. The number of rotatable bonds is 2. The highest BCUT2D eigenvalue weighted by molar-refractivity contribution is 7.15. The molecule has 0 radical (unpaired) electrons. The van der Waals surface area contributed by atoms with Gasteiger partial charge in [0, 0.05) is 30.2 Å². The van der Waals surface area contributed by atoms with Crippen LogP contribution in [0.1, 0.15) is 30.3 Å². The van der Waals surface area contributed by atoms with E-state index in [2.05, 4.69) is 11.9 Å². The van der Waals surface area contributed by atoms with Crippen LogP contribution in [-0.2, 0) is 0 Å². The first-order chi connectivity index (χ1) is 11.2. The van der Waals surface area contributed by atoms with E-state index in [0.29, 0.717) is 0 Å². The van der Waals surface area contributed by atoms with Gasteiger partial charge < -0.3 is 4.90 Å². The van der Waals surface area contributed by atoms with Crippen molar-refractivity contribution in [2.24, 2.45) is 5.92 Å². The molecule has 4 nitrogen and oxygen atoms in total. The van der Waals surface area contributed by atoms with Crippen LogP contribution in [0.3, 0.4) is 0 Å². The van der Waals surface area contributed by atoms with Crippen LogP contribution in [-0.4, -0.2) is 33.3 Å². The minimum absolute atomic E-state index is 0.125. The van der Waals surface area contributed by atoms with Gasteiger partial charge in [0.2, 0.25) is 0 Å². The summed E-state index contributed by atoms with van der Waals surface area (Å²) in [6.45, 7) is 3.97. The summed E-state index contributed by atoms with van der Waals surface area (Å²) in [6, 6.07) is 10.1. The highest BCUT2D eigenvalue weighted by atomic mass is 32.1. The van der Waals surface area contributed by atoms with Crippen molar-refractivity contribution in [3.63, 3.8) is 0 Å². The van der Waals surface area contributed by atoms with Crippen LogP contribution in [0.2, 0.25) is 0 Å². The quantitative estimate of drug-likeness (QED) is 0.716. The number of aromatic nitrogens is 2. The number of benzene rings is 1. The molecule has 0 spiro atoms. The molecule has 0 atom stereocenters. The van der Waals surface area contributed by atoms with Crippen molar-refractivity contribution in [1.29, 1.82) is 0 Å². The Bertz CT molecular complexity index is 828. The maximum absolute atomic E-state index is 12.8.